The van der Waals surface area contributed by atoms with E-state index in [0.29, 0.717) is 6.54 Å². The number of hydrogen-bond acceptors (Lipinski definition) is 3. The molecule has 0 aliphatic carbocycles. The number of carbonyl (C=O) groups excluding carboxylic acids is 1. The van der Waals surface area contributed by atoms with E-state index in [-0.39, 0.29) is 25.0 Å². The van der Waals surface area contributed by atoms with Crippen molar-refractivity contribution in [2.45, 2.75) is 32.8 Å². The third-order valence-corrected chi connectivity index (χ3v) is 2.27. The van der Waals surface area contributed by atoms with Crippen LogP contribution in [0.15, 0.2) is 0 Å². The van der Waals surface area contributed by atoms with Crippen molar-refractivity contribution in [2.75, 3.05) is 18.1 Å². The molecule has 0 aromatic heterocycles. The second kappa shape index (κ2) is 9.44. The molecule has 0 fully saturated rings. The third-order valence-electron chi connectivity index (χ3n) is 1.20. The van der Waals surface area contributed by atoms with Crippen molar-refractivity contribution < 1.29 is 28.4 Å². The van der Waals surface area contributed by atoms with Gasteiger partial charge in [0.05, 0.1) is 0 Å². The van der Waals surface area contributed by atoms with E-state index in [1.54, 1.807) is 11.8 Å². The minimum atomic E-state index is -0.412. The minimum absolute atomic E-state index is 0. The topological polar surface area (TPSA) is 38.3 Å². The summed E-state index contributed by atoms with van der Waals surface area (Å²) in [6.07, 6.45) is 0.588. The van der Waals surface area contributed by atoms with Crippen LogP contribution in [0.4, 0.5) is 4.79 Å². The molecular formula is C10H20LiNO2S. The van der Waals surface area contributed by atoms with Crippen LogP contribution in [0.25, 0.3) is 0 Å². The average molecular weight is 225 g/mol. The Morgan fingerprint density at radius 3 is 2.47 bits per heavy atom. The number of amides is 1. The average Bonchev–Trinajstić information content (AvgIpc) is 2.00. The first-order chi connectivity index (χ1) is 6.45. The van der Waals surface area contributed by atoms with Crippen LogP contribution >= 0.6 is 11.8 Å². The van der Waals surface area contributed by atoms with Crippen LogP contribution in [0, 0.1) is 6.92 Å². The molecule has 0 saturated heterocycles. The Morgan fingerprint density at radius 1 is 1.40 bits per heavy atom. The maximum absolute atomic E-state index is 11.1. The molecule has 0 rings (SSSR count). The zero-order chi connectivity index (χ0) is 11.0. The van der Waals surface area contributed by atoms with Gasteiger partial charge in [0.15, 0.2) is 0 Å². The van der Waals surface area contributed by atoms with Crippen molar-refractivity contribution in [3.8, 4) is 0 Å². The summed E-state index contributed by atoms with van der Waals surface area (Å²) >= 11 is 1.78. The summed E-state index contributed by atoms with van der Waals surface area (Å²) in [7, 11) is 0. The Kier molecular flexibility index (Phi) is 11.1. The van der Waals surface area contributed by atoms with Gasteiger partial charge >= 0.3 is 25.0 Å². The maximum Gasteiger partial charge on any atom is 1.00 e. The largest absolute Gasteiger partial charge is 1.00 e. The van der Waals surface area contributed by atoms with Gasteiger partial charge in [-0.2, -0.15) is 18.2 Å². The van der Waals surface area contributed by atoms with Gasteiger partial charge in [0.1, 0.15) is 5.60 Å². The van der Waals surface area contributed by atoms with E-state index in [1.807, 2.05) is 20.8 Å². The van der Waals surface area contributed by atoms with Gasteiger partial charge in [-0.25, -0.2) is 4.79 Å². The van der Waals surface area contributed by atoms with Gasteiger partial charge in [0, 0.05) is 12.3 Å². The standard InChI is InChI=1S/C10H20NO2S.Li/c1-5-7-14-8-6-11-9(12)13-10(2,3)4;/h1,5-8H2,2-4H3,(H,11,12);/q-1;+1. The fourth-order valence-electron chi connectivity index (χ4n) is 0.744. The van der Waals surface area contributed by atoms with Gasteiger partial charge in [-0.3, -0.25) is 0 Å². The molecule has 0 unspecified atom stereocenters. The Bertz CT molecular complexity index is 171. The second-order valence-corrected chi connectivity index (χ2v) is 5.12. The second-order valence-electron chi connectivity index (χ2n) is 3.89. The van der Waals surface area contributed by atoms with E-state index >= 15 is 0 Å². The van der Waals surface area contributed by atoms with Crippen molar-refractivity contribution >= 4 is 17.9 Å². The molecule has 0 atom stereocenters. The molecule has 0 bridgehead atoms. The van der Waals surface area contributed by atoms with Crippen LogP contribution < -0.4 is 24.2 Å². The van der Waals surface area contributed by atoms with Crippen molar-refractivity contribution in [2.24, 2.45) is 0 Å². The summed E-state index contributed by atoms with van der Waals surface area (Å²) in [5, 5.41) is 2.70. The summed E-state index contributed by atoms with van der Waals surface area (Å²) in [5.74, 6) is 1.95. The van der Waals surface area contributed by atoms with E-state index < -0.39 is 5.60 Å². The van der Waals surface area contributed by atoms with Gasteiger partial charge < -0.3 is 17.0 Å². The number of alkyl carbamates (subject to hydrolysis) is 1. The van der Waals surface area contributed by atoms with E-state index in [9.17, 15) is 4.79 Å². The van der Waals surface area contributed by atoms with Gasteiger partial charge in [0.25, 0.3) is 0 Å². The molecule has 5 heteroatoms. The molecule has 0 aromatic carbocycles. The molecular weight excluding hydrogens is 205 g/mol. The molecule has 0 heterocycles. The molecule has 0 aliphatic heterocycles. The van der Waals surface area contributed by atoms with E-state index in [2.05, 4.69) is 12.2 Å². The number of nitrogens with one attached hydrogen (secondary N) is 1. The zero-order valence-corrected chi connectivity index (χ0v) is 11.1. The van der Waals surface area contributed by atoms with E-state index in [0.717, 1.165) is 17.9 Å². The Labute approximate surface area is 109 Å². The molecule has 1 amide bonds. The van der Waals surface area contributed by atoms with E-state index in [1.165, 1.54) is 0 Å². The number of thioether (sulfide) groups is 1. The summed E-state index contributed by atoms with van der Waals surface area (Å²) < 4.78 is 5.07. The predicted octanol–water partition coefficient (Wildman–Crippen LogP) is -0.528. The minimum Gasteiger partial charge on any atom is -0.444 e. The molecule has 0 spiro atoms. The van der Waals surface area contributed by atoms with Crippen molar-refractivity contribution in [1.82, 2.24) is 5.32 Å². The smallest absolute Gasteiger partial charge is 0.444 e. The predicted molar refractivity (Wildman–Crippen MR) is 61.5 cm³/mol. The van der Waals surface area contributed by atoms with Gasteiger partial charge in [-0.15, -0.1) is 0 Å². The Balaban J connectivity index is 0. The van der Waals surface area contributed by atoms with Crippen molar-refractivity contribution in [1.29, 1.82) is 0 Å². The molecule has 0 aromatic rings. The first-order valence-corrected chi connectivity index (χ1v) is 5.95. The van der Waals surface area contributed by atoms with Crippen LogP contribution in [0.5, 0.6) is 0 Å². The molecule has 0 saturated carbocycles. The van der Waals surface area contributed by atoms with Crippen molar-refractivity contribution in [3.05, 3.63) is 6.92 Å². The molecule has 3 nitrogen and oxygen atoms in total. The van der Waals surface area contributed by atoms with Crippen molar-refractivity contribution in [3.63, 3.8) is 0 Å². The number of ether oxygens (including phenoxy) is 1. The molecule has 15 heavy (non-hydrogen) atoms. The third kappa shape index (κ3) is 14.2. The fourth-order valence-corrected chi connectivity index (χ4v) is 1.40. The van der Waals surface area contributed by atoms with Crippen LogP contribution in [-0.4, -0.2) is 29.7 Å². The summed E-state index contributed by atoms with van der Waals surface area (Å²) in [6.45, 7) is 9.94. The van der Waals surface area contributed by atoms with Gasteiger partial charge in [-0.05, 0) is 26.5 Å². The maximum atomic E-state index is 11.1. The fraction of sp³-hybridized carbons (Fsp3) is 0.800. The first kappa shape index (κ1) is 17.6. The molecule has 84 valence electrons. The van der Waals surface area contributed by atoms with Crippen LogP contribution in [0.1, 0.15) is 27.2 Å². The van der Waals surface area contributed by atoms with Crippen LogP contribution in [0.2, 0.25) is 0 Å². The number of rotatable bonds is 5. The number of carbonyl (C=O) groups is 1. The van der Waals surface area contributed by atoms with Gasteiger partial charge in [0.2, 0.25) is 0 Å². The van der Waals surface area contributed by atoms with Crippen LogP contribution in [0.3, 0.4) is 0 Å². The van der Waals surface area contributed by atoms with Crippen LogP contribution in [-0.2, 0) is 4.74 Å². The molecule has 0 radical (unpaired) electrons. The summed E-state index contributed by atoms with van der Waals surface area (Å²) in [4.78, 5) is 11.1. The normalized spacial score (nSPS) is 10.4. The molecule has 0 aliphatic rings. The van der Waals surface area contributed by atoms with E-state index in [4.69, 9.17) is 4.74 Å². The zero-order valence-electron chi connectivity index (χ0n) is 10.3. The summed E-state index contributed by atoms with van der Waals surface area (Å²) in [5.41, 5.74) is -0.412. The Hall–Kier alpha value is 0.217. The molecule has 1 N–H and O–H groups in total. The Morgan fingerprint density at radius 2 is 2.00 bits per heavy atom. The monoisotopic (exact) mass is 225 g/mol. The van der Waals surface area contributed by atoms with Gasteiger partial charge in [-0.1, -0.05) is 0 Å². The first-order valence-electron chi connectivity index (χ1n) is 4.79. The number of hydrogen-bond donors (Lipinski definition) is 1. The SMILES string of the molecule is [CH2-]CCSCCNC(=O)OC(C)(C)C.[Li+]. The summed E-state index contributed by atoms with van der Waals surface area (Å²) in [6, 6.07) is 0. The quantitative estimate of drug-likeness (QED) is 0.388.